The van der Waals surface area contributed by atoms with Crippen LogP contribution in [0.5, 0.6) is 0 Å². The highest BCUT2D eigenvalue weighted by atomic mass is 79.9. The molecule has 0 bridgehead atoms. The second kappa shape index (κ2) is 6.73. The highest BCUT2D eigenvalue weighted by Crippen LogP contribution is 2.29. The molecule has 110 valence electrons. The molecule has 3 aromatic rings. The molecule has 0 aliphatic heterocycles. The number of aromatic nitrogens is 1. The van der Waals surface area contributed by atoms with E-state index in [1.165, 1.54) is 11.1 Å². The zero-order valence-corrected chi connectivity index (χ0v) is 13.5. The van der Waals surface area contributed by atoms with Crippen LogP contribution in [0.15, 0.2) is 72.9 Å². The summed E-state index contributed by atoms with van der Waals surface area (Å²) in [6, 6.07) is 22.7. The Morgan fingerprint density at radius 3 is 2.14 bits per heavy atom. The largest absolute Gasteiger partial charge is 0.345 e. The van der Waals surface area contributed by atoms with E-state index >= 15 is 0 Å². The van der Waals surface area contributed by atoms with Gasteiger partial charge in [0.15, 0.2) is 0 Å². The van der Waals surface area contributed by atoms with Gasteiger partial charge in [0.05, 0.1) is 0 Å². The van der Waals surface area contributed by atoms with E-state index in [2.05, 4.69) is 62.6 Å². The maximum absolute atomic E-state index is 5.74. The quantitative estimate of drug-likeness (QED) is 0.413. The number of nitrogens with zero attached hydrogens (tertiary/aromatic N) is 1. The van der Waals surface area contributed by atoms with Crippen molar-refractivity contribution in [3.8, 4) is 22.3 Å². The summed E-state index contributed by atoms with van der Waals surface area (Å²) in [6.45, 7) is 0. The molecule has 0 radical (unpaired) electrons. The Bertz CT molecular complexity index is 740. The maximum Gasteiger partial charge on any atom is 0.135 e. The minimum Gasteiger partial charge on any atom is -0.345 e. The molecule has 0 aliphatic rings. The highest BCUT2D eigenvalue weighted by molar-refractivity contribution is 9.09. The monoisotopic (exact) mass is 353 g/mol. The SMILES string of the molecule is NC(Br)Nc1ncccc1-c1ccc(-c2ccccc2)cc1. The number of benzene rings is 2. The van der Waals surface area contributed by atoms with E-state index in [4.69, 9.17) is 5.73 Å². The molecule has 3 nitrogen and oxygen atoms in total. The predicted molar refractivity (Wildman–Crippen MR) is 95.6 cm³/mol. The van der Waals surface area contributed by atoms with Crippen molar-refractivity contribution in [3.63, 3.8) is 0 Å². The first-order valence-corrected chi connectivity index (χ1v) is 7.93. The van der Waals surface area contributed by atoms with E-state index in [9.17, 15) is 0 Å². The second-order valence-corrected chi connectivity index (χ2v) is 5.88. The van der Waals surface area contributed by atoms with Crippen LogP contribution in [0.25, 0.3) is 22.3 Å². The molecule has 0 spiro atoms. The van der Waals surface area contributed by atoms with Crippen LogP contribution in [0.4, 0.5) is 5.82 Å². The van der Waals surface area contributed by atoms with Gasteiger partial charge >= 0.3 is 0 Å². The normalized spacial score (nSPS) is 11.9. The minimum atomic E-state index is -0.329. The van der Waals surface area contributed by atoms with Crippen LogP contribution in [0.3, 0.4) is 0 Å². The number of hydrogen-bond acceptors (Lipinski definition) is 3. The number of nitrogens with one attached hydrogen (secondary N) is 1. The van der Waals surface area contributed by atoms with Crippen molar-refractivity contribution in [2.24, 2.45) is 5.73 Å². The van der Waals surface area contributed by atoms with Crippen LogP contribution in [-0.4, -0.2) is 10.1 Å². The summed E-state index contributed by atoms with van der Waals surface area (Å²) in [5.41, 5.74) is 10.3. The summed E-state index contributed by atoms with van der Waals surface area (Å²) >= 11 is 3.29. The molecule has 0 fully saturated rings. The fourth-order valence-electron chi connectivity index (χ4n) is 2.36. The van der Waals surface area contributed by atoms with Crippen molar-refractivity contribution in [2.75, 3.05) is 5.32 Å². The Hall–Kier alpha value is -2.17. The van der Waals surface area contributed by atoms with Gasteiger partial charge in [0, 0.05) is 11.8 Å². The zero-order valence-electron chi connectivity index (χ0n) is 11.9. The van der Waals surface area contributed by atoms with Crippen LogP contribution in [0.1, 0.15) is 0 Å². The number of rotatable bonds is 4. The Morgan fingerprint density at radius 2 is 1.45 bits per heavy atom. The summed E-state index contributed by atoms with van der Waals surface area (Å²) < 4.78 is 0. The molecule has 0 saturated carbocycles. The average molecular weight is 354 g/mol. The summed E-state index contributed by atoms with van der Waals surface area (Å²) in [7, 11) is 0. The van der Waals surface area contributed by atoms with Gasteiger partial charge in [-0.2, -0.15) is 0 Å². The van der Waals surface area contributed by atoms with Crippen molar-refractivity contribution < 1.29 is 0 Å². The van der Waals surface area contributed by atoms with E-state index in [0.29, 0.717) is 0 Å². The molecule has 4 heteroatoms. The molecule has 1 atom stereocenters. The summed E-state index contributed by atoms with van der Waals surface area (Å²) in [4.78, 5) is 4.35. The number of pyridine rings is 1. The third-order valence-corrected chi connectivity index (χ3v) is 3.61. The minimum absolute atomic E-state index is 0.329. The summed E-state index contributed by atoms with van der Waals surface area (Å²) in [5, 5.41) is 2.77. The van der Waals surface area contributed by atoms with Crippen LogP contribution in [0.2, 0.25) is 0 Å². The molecule has 3 rings (SSSR count). The number of hydrogen-bond donors (Lipinski definition) is 2. The number of halogens is 1. The molecule has 22 heavy (non-hydrogen) atoms. The molecule has 1 heterocycles. The first-order chi connectivity index (χ1) is 10.7. The van der Waals surface area contributed by atoms with Gasteiger partial charge in [-0.3, -0.25) is 0 Å². The fourth-order valence-corrected chi connectivity index (χ4v) is 2.57. The second-order valence-electron chi connectivity index (χ2n) is 4.89. The molecule has 1 unspecified atom stereocenters. The molecule has 0 saturated heterocycles. The summed E-state index contributed by atoms with van der Waals surface area (Å²) in [5.74, 6) is 0.763. The third kappa shape index (κ3) is 3.35. The average Bonchev–Trinajstić information content (AvgIpc) is 2.56. The van der Waals surface area contributed by atoms with Crippen LogP contribution in [-0.2, 0) is 0 Å². The van der Waals surface area contributed by atoms with Gasteiger partial charge in [-0.05, 0) is 44.8 Å². The predicted octanol–water partition coefficient (Wildman–Crippen LogP) is 4.46. The van der Waals surface area contributed by atoms with Gasteiger partial charge in [-0.15, -0.1) is 0 Å². The van der Waals surface area contributed by atoms with Crippen LogP contribution >= 0.6 is 15.9 Å². The zero-order chi connectivity index (χ0) is 15.4. The topological polar surface area (TPSA) is 50.9 Å². The molecule has 1 aromatic heterocycles. The molecule has 0 amide bonds. The van der Waals surface area contributed by atoms with Gasteiger partial charge in [0.25, 0.3) is 0 Å². The van der Waals surface area contributed by atoms with Crippen LogP contribution in [0, 0.1) is 0 Å². The molecule has 3 N–H and O–H groups in total. The third-order valence-electron chi connectivity index (χ3n) is 3.39. The van der Waals surface area contributed by atoms with Crippen molar-refractivity contribution in [1.29, 1.82) is 0 Å². The van der Waals surface area contributed by atoms with Crippen molar-refractivity contribution in [3.05, 3.63) is 72.9 Å². The molecule has 2 aromatic carbocycles. The number of alkyl halides is 1. The fraction of sp³-hybridized carbons (Fsp3) is 0.0556. The van der Waals surface area contributed by atoms with Crippen molar-refractivity contribution in [2.45, 2.75) is 5.08 Å². The first-order valence-electron chi connectivity index (χ1n) is 7.01. The van der Waals surface area contributed by atoms with Crippen molar-refractivity contribution in [1.82, 2.24) is 4.98 Å². The van der Waals surface area contributed by atoms with Gasteiger partial charge in [0.2, 0.25) is 0 Å². The van der Waals surface area contributed by atoms with Gasteiger partial charge in [-0.1, -0.05) is 54.6 Å². The highest BCUT2D eigenvalue weighted by Gasteiger charge is 2.08. The lowest BCUT2D eigenvalue weighted by atomic mass is 10.0. The van der Waals surface area contributed by atoms with Gasteiger partial charge < -0.3 is 11.1 Å². The Kier molecular flexibility index (Phi) is 4.51. The Balaban J connectivity index is 1.94. The van der Waals surface area contributed by atoms with Crippen molar-refractivity contribution >= 4 is 21.7 Å². The number of anilines is 1. The summed E-state index contributed by atoms with van der Waals surface area (Å²) in [6.07, 6.45) is 1.75. The maximum atomic E-state index is 5.74. The standard InChI is InChI=1S/C18H16BrN3/c19-18(20)22-17-16(7-4-12-21-17)15-10-8-14(9-11-15)13-5-2-1-3-6-13/h1-12,18H,20H2,(H,21,22). The molecule has 0 aliphatic carbocycles. The molecular weight excluding hydrogens is 338 g/mol. The first kappa shape index (κ1) is 14.8. The van der Waals surface area contributed by atoms with Gasteiger partial charge in [-0.25, -0.2) is 4.98 Å². The van der Waals surface area contributed by atoms with E-state index in [1.807, 2.05) is 30.3 Å². The lowest BCUT2D eigenvalue weighted by Gasteiger charge is -2.13. The number of nitrogens with two attached hydrogens (primary N) is 1. The lowest BCUT2D eigenvalue weighted by molar-refractivity contribution is 1.06. The Labute approximate surface area is 138 Å². The van der Waals surface area contributed by atoms with Crippen LogP contribution < -0.4 is 11.1 Å². The van der Waals surface area contributed by atoms with E-state index < -0.39 is 0 Å². The Morgan fingerprint density at radius 1 is 0.818 bits per heavy atom. The lowest BCUT2D eigenvalue weighted by Crippen LogP contribution is -2.22. The smallest absolute Gasteiger partial charge is 0.135 e. The van der Waals surface area contributed by atoms with E-state index in [0.717, 1.165) is 16.9 Å². The molecular formula is C18H16BrN3. The van der Waals surface area contributed by atoms with E-state index in [-0.39, 0.29) is 5.08 Å². The van der Waals surface area contributed by atoms with E-state index in [1.54, 1.807) is 6.20 Å². The van der Waals surface area contributed by atoms with Gasteiger partial charge in [0.1, 0.15) is 10.9 Å².